The van der Waals surface area contributed by atoms with Crippen molar-refractivity contribution in [2.75, 3.05) is 0 Å². The maximum Gasteiger partial charge on any atom is 0.0716 e. The fourth-order valence-electron chi connectivity index (χ4n) is 1.57. The number of nitrogens with zero attached hydrogens (tertiary/aromatic N) is 1. The van der Waals surface area contributed by atoms with Crippen LogP contribution < -0.4 is 5.11 Å². The molecule has 1 aromatic heterocycles. The molecule has 1 aromatic carbocycles. The summed E-state index contributed by atoms with van der Waals surface area (Å²) in [5.41, 5.74) is 2.80. The van der Waals surface area contributed by atoms with Gasteiger partial charge >= 0.3 is 0 Å². The SMILES string of the molecule is Cc1ccccc1-c1cc(C(=O)[O-])ccn1. The molecular weight excluding hydrogens is 202 g/mol. The first-order valence-electron chi connectivity index (χ1n) is 4.92. The molecule has 0 aliphatic heterocycles. The lowest BCUT2D eigenvalue weighted by molar-refractivity contribution is -0.255. The van der Waals surface area contributed by atoms with Crippen molar-refractivity contribution in [3.8, 4) is 11.3 Å². The number of benzene rings is 1. The summed E-state index contributed by atoms with van der Waals surface area (Å²) in [5, 5.41) is 10.7. The number of carbonyl (C=O) groups excluding carboxylic acids is 1. The van der Waals surface area contributed by atoms with Crippen molar-refractivity contribution in [2.45, 2.75) is 6.92 Å². The van der Waals surface area contributed by atoms with E-state index in [0.29, 0.717) is 5.69 Å². The highest BCUT2D eigenvalue weighted by Crippen LogP contribution is 2.21. The van der Waals surface area contributed by atoms with Crippen LogP contribution in [0, 0.1) is 6.92 Å². The molecule has 0 N–H and O–H groups in total. The summed E-state index contributed by atoms with van der Waals surface area (Å²) < 4.78 is 0. The third-order valence-electron chi connectivity index (χ3n) is 2.42. The van der Waals surface area contributed by atoms with E-state index < -0.39 is 5.97 Å². The summed E-state index contributed by atoms with van der Waals surface area (Å²) in [5.74, 6) is -1.18. The van der Waals surface area contributed by atoms with E-state index in [0.717, 1.165) is 11.1 Å². The van der Waals surface area contributed by atoms with E-state index in [9.17, 15) is 9.90 Å². The summed E-state index contributed by atoms with van der Waals surface area (Å²) in [6.45, 7) is 1.96. The molecule has 0 saturated carbocycles. The number of rotatable bonds is 2. The summed E-state index contributed by atoms with van der Waals surface area (Å²) in [7, 11) is 0. The van der Waals surface area contributed by atoms with Crippen molar-refractivity contribution in [3.05, 3.63) is 53.7 Å². The Labute approximate surface area is 93.4 Å². The molecule has 1 heterocycles. The Hall–Kier alpha value is -2.16. The first-order valence-corrected chi connectivity index (χ1v) is 4.92. The molecule has 0 bridgehead atoms. The smallest absolute Gasteiger partial charge is 0.0716 e. The summed E-state index contributed by atoms with van der Waals surface area (Å²) in [6, 6.07) is 10.7. The van der Waals surface area contributed by atoms with Gasteiger partial charge in [0, 0.05) is 17.3 Å². The topological polar surface area (TPSA) is 53.0 Å². The second-order valence-electron chi connectivity index (χ2n) is 3.53. The molecule has 3 heteroatoms. The molecule has 0 aliphatic carbocycles. The molecule has 0 atom stereocenters. The molecule has 0 spiro atoms. The number of carbonyl (C=O) groups is 1. The Morgan fingerprint density at radius 3 is 2.69 bits per heavy atom. The fraction of sp³-hybridized carbons (Fsp3) is 0.0769. The van der Waals surface area contributed by atoms with Crippen LogP contribution in [-0.4, -0.2) is 11.0 Å². The van der Waals surface area contributed by atoms with E-state index in [1.807, 2.05) is 31.2 Å². The van der Waals surface area contributed by atoms with E-state index in [4.69, 9.17) is 0 Å². The van der Waals surface area contributed by atoms with Gasteiger partial charge in [-0.3, -0.25) is 4.98 Å². The van der Waals surface area contributed by atoms with Crippen molar-refractivity contribution in [1.29, 1.82) is 0 Å². The number of carboxylic acids is 1. The minimum atomic E-state index is -1.18. The highest BCUT2D eigenvalue weighted by Gasteiger charge is 2.03. The fourth-order valence-corrected chi connectivity index (χ4v) is 1.57. The number of hydrogen-bond donors (Lipinski definition) is 0. The van der Waals surface area contributed by atoms with E-state index in [-0.39, 0.29) is 5.56 Å². The molecule has 0 unspecified atom stereocenters. The summed E-state index contributed by atoms with van der Waals surface area (Å²) >= 11 is 0. The average Bonchev–Trinajstić information content (AvgIpc) is 2.30. The predicted octanol–water partition coefficient (Wildman–Crippen LogP) is 1.42. The van der Waals surface area contributed by atoms with Crippen LogP contribution in [0.4, 0.5) is 0 Å². The van der Waals surface area contributed by atoms with Gasteiger partial charge in [0.2, 0.25) is 0 Å². The van der Waals surface area contributed by atoms with Gasteiger partial charge in [-0.2, -0.15) is 0 Å². The largest absolute Gasteiger partial charge is 0.545 e. The number of aromatic carboxylic acids is 1. The first kappa shape index (κ1) is 10.4. The minimum Gasteiger partial charge on any atom is -0.545 e. The van der Waals surface area contributed by atoms with Crippen LogP contribution in [0.25, 0.3) is 11.3 Å². The number of carboxylic acid groups (broad SMARTS) is 1. The van der Waals surface area contributed by atoms with E-state index in [1.54, 1.807) is 0 Å². The van der Waals surface area contributed by atoms with Crippen LogP contribution in [0.2, 0.25) is 0 Å². The number of pyridine rings is 1. The van der Waals surface area contributed by atoms with Crippen LogP contribution in [-0.2, 0) is 0 Å². The van der Waals surface area contributed by atoms with E-state index >= 15 is 0 Å². The minimum absolute atomic E-state index is 0.147. The Morgan fingerprint density at radius 2 is 2.00 bits per heavy atom. The van der Waals surface area contributed by atoms with Crippen molar-refractivity contribution in [1.82, 2.24) is 4.98 Å². The molecule has 2 aromatic rings. The van der Waals surface area contributed by atoms with Gasteiger partial charge in [0.1, 0.15) is 0 Å². The number of hydrogen-bond acceptors (Lipinski definition) is 3. The van der Waals surface area contributed by atoms with Gasteiger partial charge in [-0.15, -0.1) is 0 Å². The second-order valence-corrected chi connectivity index (χ2v) is 3.53. The number of aromatic nitrogens is 1. The molecule has 0 aliphatic rings. The molecule has 0 fully saturated rings. The first-order chi connectivity index (χ1) is 7.68. The number of aryl methyl sites for hydroxylation is 1. The predicted molar refractivity (Wildman–Crippen MR) is 58.7 cm³/mol. The van der Waals surface area contributed by atoms with Gasteiger partial charge in [-0.05, 0) is 24.6 Å². The van der Waals surface area contributed by atoms with Crippen LogP contribution in [0.3, 0.4) is 0 Å². The van der Waals surface area contributed by atoms with Crippen molar-refractivity contribution >= 4 is 5.97 Å². The normalized spacial score (nSPS) is 10.1. The van der Waals surface area contributed by atoms with Crippen molar-refractivity contribution in [2.24, 2.45) is 0 Å². The van der Waals surface area contributed by atoms with Gasteiger partial charge in [0.15, 0.2) is 0 Å². The third kappa shape index (κ3) is 1.93. The zero-order valence-electron chi connectivity index (χ0n) is 8.81. The van der Waals surface area contributed by atoms with Crippen molar-refractivity contribution in [3.63, 3.8) is 0 Å². The molecule has 0 amide bonds. The summed E-state index contributed by atoms with van der Waals surface area (Å²) in [4.78, 5) is 14.9. The monoisotopic (exact) mass is 212 g/mol. The lowest BCUT2D eigenvalue weighted by Gasteiger charge is -2.07. The third-order valence-corrected chi connectivity index (χ3v) is 2.42. The second kappa shape index (κ2) is 4.14. The van der Waals surface area contributed by atoms with E-state index in [1.165, 1.54) is 18.3 Å². The van der Waals surface area contributed by atoms with Crippen LogP contribution >= 0.6 is 0 Å². The Morgan fingerprint density at radius 1 is 1.25 bits per heavy atom. The maximum atomic E-state index is 10.7. The lowest BCUT2D eigenvalue weighted by atomic mass is 10.0. The highest BCUT2D eigenvalue weighted by molar-refractivity contribution is 5.87. The molecule has 16 heavy (non-hydrogen) atoms. The molecule has 80 valence electrons. The van der Waals surface area contributed by atoms with Gasteiger partial charge in [0.25, 0.3) is 0 Å². The molecule has 3 nitrogen and oxygen atoms in total. The zero-order chi connectivity index (χ0) is 11.5. The average molecular weight is 212 g/mol. The van der Waals surface area contributed by atoms with Crippen LogP contribution in [0.1, 0.15) is 15.9 Å². The van der Waals surface area contributed by atoms with Crippen molar-refractivity contribution < 1.29 is 9.90 Å². The lowest BCUT2D eigenvalue weighted by Crippen LogP contribution is -2.22. The van der Waals surface area contributed by atoms with Crippen LogP contribution in [0.5, 0.6) is 0 Å². The Balaban J connectivity index is 2.53. The quantitative estimate of drug-likeness (QED) is 0.756. The molecule has 2 rings (SSSR count). The van der Waals surface area contributed by atoms with Gasteiger partial charge in [-0.1, -0.05) is 24.3 Å². The maximum absolute atomic E-state index is 10.7. The van der Waals surface area contributed by atoms with Gasteiger partial charge < -0.3 is 9.90 Å². The molecule has 0 saturated heterocycles. The zero-order valence-corrected chi connectivity index (χ0v) is 8.81. The summed E-state index contributed by atoms with van der Waals surface area (Å²) in [6.07, 6.45) is 1.48. The standard InChI is InChI=1S/C13H11NO2/c1-9-4-2-3-5-11(9)12-8-10(13(15)16)6-7-14-12/h2-8H,1H3,(H,15,16)/p-1. The van der Waals surface area contributed by atoms with Crippen LogP contribution in [0.15, 0.2) is 42.6 Å². The van der Waals surface area contributed by atoms with Gasteiger partial charge in [-0.25, -0.2) is 0 Å². The Bertz CT molecular complexity index is 535. The molecule has 0 radical (unpaired) electrons. The van der Waals surface area contributed by atoms with Gasteiger partial charge in [0.05, 0.1) is 11.7 Å². The highest BCUT2D eigenvalue weighted by atomic mass is 16.4. The van der Waals surface area contributed by atoms with E-state index in [2.05, 4.69) is 4.98 Å². The Kier molecular flexibility index (Phi) is 2.68. The molecular formula is C13H10NO2-.